The summed E-state index contributed by atoms with van der Waals surface area (Å²) in [7, 11) is 0. The van der Waals surface area contributed by atoms with E-state index in [0.717, 1.165) is 11.1 Å². The van der Waals surface area contributed by atoms with Gasteiger partial charge < -0.3 is 11.1 Å². The summed E-state index contributed by atoms with van der Waals surface area (Å²) in [5, 5.41) is 6.83. The fourth-order valence-corrected chi connectivity index (χ4v) is 1.79. The molecule has 1 amide bonds. The first-order valence-corrected chi connectivity index (χ1v) is 6.65. The van der Waals surface area contributed by atoms with Crippen molar-refractivity contribution in [3.05, 3.63) is 48.0 Å². The number of nitrogens with one attached hydrogen (secondary N) is 1. The van der Waals surface area contributed by atoms with E-state index in [9.17, 15) is 4.79 Å². The number of carbonyl (C=O) groups is 1. The summed E-state index contributed by atoms with van der Waals surface area (Å²) < 4.78 is 1.63. The van der Waals surface area contributed by atoms with Crippen LogP contribution in [0.2, 0.25) is 0 Å². The molecule has 0 aliphatic heterocycles. The van der Waals surface area contributed by atoms with E-state index in [1.54, 1.807) is 11.0 Å². The highest BCUT2D eigenvalue weighted by molar-refractivity contribution is 5.75. The number of aromatic nitrogens is 3. The van der Waals surface area contributed by atoms with Crippen LogP contribution in [0.4, 0.5) is 0 Å². The molecule has 1 heterocycles. The molecular formula is C15H17N5O. The molecule has 3 N–H and O–H groups in total. The zero-order chi connectivity index (χ0) is 14.9. The molecule has 2 rings (SSSR count). The van der Waals surface area contributed by atoms with Crippen molar-refractivity contribution in [1.82, 2.24) is 20.1 Å². The summed E-state index contributed by atoms with van der Waals surface area (Å²) >= 11 is 0. The molecule has 21 heavy (non-hydrogen) atoms. The van der Waals surface area contributed by atoms with Gasteiger partial charge in [0, 0.05) is 18.5 Å². The summed E-state index contributed by atoms with van der Waals surface area (Å²) in [6.07, 6.45) is 3.40. The summed E-state index contributed by atoms with van der Waals surface area (Å²) in [4.78, 5) is 15.6. The van der Waals surface area contributed by atoms with Gasteiger partial charge in [0.25, 0.3) is 0 Å². The van der Waals surface area contributed by atoms with Gasteiger partial charge in [-0.3, -0.25) is 9.48 Å². The lowest BCUT2D eigenvalue weighted by Crippen LogP contribution is -2.24. The Balaban J connectivity index is 1.86. The number of nitrogens with two attached hydrogens (primary N) is 1. The van der Waals surface area contributed by atoms with E-state index in [1.807, 2.05) is 24.3 Å². The molecule has 0 radical (unpaired) electrons. The maximum absolute atomic E-state index is 11.8. The van der Waals surface area contributed by atoms with E-state index < -0.39 is 0 Å². The molecule has 0 bridgehead atoms. The number of hydrogen-bond acceptors (Lipinski definition) is 4. The van der Waals surface area contributed by atoms with Gasteiger partial charge >= 0.3 is 0 Å². The lowest BCUT2D eigenvalue weighted by Gasteiger charge is -2.07. The third-order valence-corrected chi connectivity index (χ3v) is 2.85. The van der Waals surface area contributed by atoms with Crippen molar-refractivity contribution < 1.29 is 4.79 Å². The van der Waals surface area contributed by atoms with Gasteiger partial charge in [-0.25, -0.2) is 4.98 Å². The molecule has 0 aliphatic carbocycles. The lowest BCUT2D eigenvalue weighted by atomic mass is 10.1. The topological polar surface area (TPSA) is 85.8 Å². The molecule has 6 nitrogen and oxygen atoms in total. The largest absolute Gasteiger partial charge is 0.352 e. The average Bonchev–Trinajstić information content (AvgIpc) is 3.03. The first kappa shape index (κ1) is 14.8. The highest BCUT2D eigenvalue weighted by Gasteiger charge is 2.04. The molecule has 0 unspecified atom stereocenters. The SMILES string of the molecule is NCC#Cc1ccccc1CNC(=O)CCn1cncn1. The minimum Gasteiger partial charge on any atom is -0.352 e. The third-order valence-electron chi connectivity index (χ3n) is 2.85. The van der Waals surface area contributed by atoms with E-state index in [0.29, 0.717) is 26.1 Å². The van der Waals surface area contributed by atoms with E-state index >= 15 is 0 Å². The monoisotopic (exact) mass is 283 g/mol. The highest BCUT2D eigenvalue weighted by atomic mass is 16.1. The normalized spacial score (nSPS) is 9.76. The third kappa shape index (κ3) is 4.75. The van der Waals surface area contributed by atoms with Crippen LogP contribution >= 0.6 is 0 Å². The Morgan fingerprint density at radius 3 is 3.00 bits per heavy atom. The molecule has 6 heteroatoms. The van der Waals surface area contributed by atoms with Crippen LogP contribution in [0.25, 0.3) is 0 Å². The minimum absolute atomic E-state index is 0.0351. The van der Waals surface area contributed by atoms with Gasteiger partial charge in [-0.2, -0.15) is 5.10 Å². The number of hydrogen-bond donors (Lipinski definition) is 2. The van der Waals surface area contributed by atoms with E-state index in [-0.39, 0.29) is 5.91 Å². The van der Waals surface area contributed by atoms with Crippen LogP contribution < -0.4 is 11.1 Å². The first-order chi connectivity index (χ1) is 10.3. The van der Waals surface area contributed by atoms with E-state index in [1.165, 1.54) is 6.33 Å². The average molecular weight is 283 g/mol. The molecule has 2 aromatic rings. The molecule has 1 aromatic heterocycles. The van der Waals surface area contributed by atoms with Crippen molar-refractivity contribution in [3.8, 4) is 11.8 Å². The van der Waals surface area contributed by atoms with Gasteiger partial charge in [0.2, 0.25) is 5.91 Å². The second-order valence-electron chi connectivity index (χ2n) is 4.35. The lowest BCUT2D eigenvalue weighted by molar-refractivity contribution is -0.121. The second kappa shape index (κ2) is 7.82. The van der Waals surface area contributed by atoms with Crippen molar-refractivity contribution in [2.45, 2.75) is 19.5 Å². The van der Waals surface area contributed by atoms with Gasteiger partial charge in [-0.15, -0.1) is 0 Å². The summed E-state index contributed by atoms with van der Waals surface area (Å²) in [6.45, 7) is 1.28. The zero-order valence-corrected chi connectivity index (χ0v) is 11.6. The van der Waals surface area contributed by atoms with Gasteiger partial charge in [0.05, 0.1) is 13.1 Å². The smallest absolute Gasteiger partial charge is 0.222 e. The van der Waals surface area contributed by atoms with Gasteiger partial charge in [0.1, 0.15) is 12.7 Å². The van der Waals surface area contributed by atoms with E-state index in [2.05, 4.69) is 27.2 Å². The van der Waals surface area contributed by atoms with Crippen molar-refractivity contribution >= 4 is 5.91 Å². The number of nitrogens with zero attached hydrogens (tertiary/aromatic N) is 3. The Kier molecular flexibility index (Phi) is 5.50. The number of benzene rings is 1. The number of aryl methyl sites for hydroxylation is 1. The molecule has 0 atom stereocenters. The van der Waals surface area contributed by atoms with Gasteiger partial charge in [-0.1, -0.05) is 30.0 Å². The Morgan fingerprint density at radius 1 is 1.38 bits per heavy atom. The van der Waals surface area contributed by atoms with Crippen LogP contribution in [0.15, 0.2) is 36.9 Å². The molecule has 0 aliphatic rings. The Hall–Kier alpha value is -2.65. The maximum Gasteiger partial charge on any atom is 0.222 e. The molecule has 108 valence electrons. The molecule has 0 fully saturated rings. The van der Waals surface area contributed by atoms with Crippen molar-refractivity contribution in [2.24, 2.45) is 5.73 Å². The standard InChI is InChI=1S/C15H17N5O/c16-8-3-6-13-4-1-2-5-14(13)10-18-15(21)7-9-20-12-17-11-19-20/h1-2,4-5,11-12H,7-10,16H2,(H,18,21). The predicted octanol–water partition coefficient (Wildman–Crippen LogP) is 0.295. The van der Waals surface area contributed by atoms with Gasteiger partial charge in [-0.05, 0) is 11.6 Å². The molecule has 0 saturated carbocycles. The van der Waals surface area contributed by atoms with Crippen molar-refractivity contribution in [1.29, 1.82) is 0 Å². The van der Waals surface area contributed by atoms with Crippen LogP contribution in [0.3, 0.4) is 0 Å². The molecular weight excluding hydrogens is 266 g/mol. The first-order valence-electron chi connectivity index (χ1n) is 6.65. The fraction of sp³-hybridized carbons (Fsp3) is 0.267. The number of rotatable bonds is 5. The molecule has 0 spiro atoms. The van der Waals surface area contributed by atoms with Crippen molar-refractivity contribution in [2.75, 3.05) is 6.54 Å². The van der Waals surface area contributed by atoms with Crippen LogP contribution in [0.1, 0.15) is 17.5 Å². The highest BCUT2D eigenvalue weighted by Crippen LogP contribution is 2.06. The van der Waals surface area contributed by atoms with Crippen LogP contribution in [0, 0.1) is 11.8 Å². The van der Waals surface area contributed by atoms with Crippen molar-refractivity contribution in [3.63, 3.8) is 0 Å². The molecule has 1 aromatic carbocycles. The fourth-order valence-electron chi connectivity index (χ4n) is 1.79. The zero-order valence-electron chi connectivity index (χ0n) is 11.6. The number of amides is 1. The summed E-state index contributed by atoms with van der Waals surface area (Å²) in [6, 6.07) is 7.69. The summed E-state index contributed by atoms with van der Waals surface area (Å²) in [5.74, 6) is 5.79. The van der Waals surface area contributed by atoms with Crippen LogP contribution in [0.5, 0.6) is 0 Å². The Labute approximate surface area is 123 Å². The Morgan fingerprint density at radius 2 is 2.24 bits per heavy atom. The second-order valence-corrected chi connectivity index (χ2v) is 4.35. The molecule has 0 saturated heterocycles. The van der Waals surface area contributed by atoms with Crippen LogP contribution in [-0.4, -0.2) is 27.2 Å². The Bertz CT molecular complexity index is 640. The summed E-state index contributed by atoms with van der Waals surface area (Å²) in [5.41, 5.74) is 7.25. The minimum atomic E-state index is -0.0351. The number of carbonyl (C=O) groups excluding carboxylic acids is 1. The van der Waals surface area contributed by atoms with E-state index in [4.69, 9.17) is 5.73 Å². The van der Waals surface area contributed by atoms with Gasteiger partial charge in [0.15, 0.2) is 0 Å². The maximum atomic E-state index is 11.8. The predicted molar refractivity (Wildman–Crippen MR) is 78.9 cm³/mol. The van der Waals surface area contributed by atoms with Crippen LogP contribution in [-0.2, 0) is 17.9 Å². The quantitative estimate of drug-likeness (QED) is 0.773.